The Bertz CT molecular complexity index is 989. The fourth-order valence-electron chi connectivity index (χ4n) is 2.96. The molecule has 0 amide bonds. The first-order valence-corrected chi connectivity index (χ1v) is 7.86. The topological polar surface area (TPSA) is 88.8 Å². The lowest BCUT2D eigenvalue weighted by Crippen LogP contribution is -2.05. The van der Waals surface area contributed by atoms with Crippen LogP contribution in [0, 0.1) is 6.92 Å². The number of carboxylic acids is 1. The van der Waals surface area contributed by atoms with Gasteiger partial charge in [-0.15, -0.1) is 0 Å². The molecule has 0 saturated heterocycles. The summed E-state index contributed by atoms with van der Waals surface area (Å²) in [5, 5.41) is 19.1. The number of aromatic nitrogens is 1. The molecule has 0 saturated carbocycles. The average Bonchev–Trinajstić information content (AvgIpc) is 2.98. The fraction of sp³-hybridized carbons (Fsp3) is 0.100. The molecule has 3 rings (SSSR count). The van der Waals surface area contributed by atoms with Gasteiger partial charge in [-0.05, 0) is 30.7 Å². The Morgan fingerprint density at radius 1 is 1.00 bits per heavy atom. The van der Waals surface area contributed by atoms with E-state index in [4.69, 9.17) is 9.84 Å². The minimum Gasteiger partial charge on any atom is -0.507 e. The maximum absolute atomic E-state index is 12.3. The third-order valence-electron chi connectivity index (χ3n) is 4.11. The number of rotatable bonds is 4. The third-order valence-corrected chi connectivity index (χ3v) is 4.11. The molecule has 0 spiro atoms. The minimum absolute atomic E-state index is 0.187. The molecule has 1 heterocycles. The molecule has 2 N–H and O–H groups in total. The Morgan fingerprint density at radius 2 is 1.69 bits per heavy atom. The van der Waals surface area contributed by atoms with E-state index in [0.717, 1.165) is 11.3 Å². The van der Waals surface area contributed by atoms with Crippen molar-refractivity contribution in [2.45, 2.75) is 6.92 Å². The number of hydrogen-bond donors (Lipinski definition) is 2. The summed E-state index contributed by atoms with van der Waals surface area (Å²) in [6.07, 6.45) is 0. The number of nitrogens with zero attached hydrogens (tertiary/aromatic N) is 1. The van der Waals surface area contributed by atoms with Crippen LogP contribution in [-0.2, 0) is 4.74 Å². The fourth-order valence-corrected chi connectivity index (χ4v) is 2.96. The number of carbonyl (C=O) groups excluding carboxylic acids is 1. The summed E-state index contributed by atoms with van der Waals surface area (Å²) in [4.78, 5) is 23.4. The van der Waals surface area contributed by atoms with E-state index in [9.17, 15) is 14.7 Å². The third kappa shape index (κ3) is 2.93. The van der Waals surface area contributed by atoms with Crippen LogP contribution in [0.15, 0.2) is 54.6 Å². The second kappa shape index (κ2) is 6.76. The summed E-state index contributed by atoms with van der Waals surface area (Å²) in [6, 6.07) is 15.3. The largest absolute Gasteiger partial charge is 0.507 e. The van der Waals surface area contributed by atoms with Crippen molar-refractivity contribution in [3.8, 4) is 22.7 Å². The summed E-state index contributed by atoms with van der Waals surface area (Å²) in [5.41, 5.74) is 2.89. The SMILES string of the molecule is COC(=O)c1cc(C)n(-c2ccc(C(=O)O)c(O)c2)c1-c1ccccc1. The number of carbonyl (C=O) groups is 2. The maximum atomic E-state index is 12.3. The molecule has 0 atom stereocenters. The normalized spacial score (nSPS) is 10.5. The smallest absolute Gasteiger partial charge is 0.340 e. The van der Waals surface area contributed by atoms with E-state index < -0.39 is 11.9 Å². The Labute approximate surface area is 149 Å². The number of phenols is 1. The Kier molecular flexibility index (Phi) is 4.49. The van der Waals surface area contributed by atoms with Crippen molar-refractivity contribution < 1.29 is 24.5 Å². The van der Waals surface area contributed by atoms with Crippen LogP contribution in [0.2, 0.25) is 0 Å². The van der Waals surface area contributed by atoms with Gasteiger partial charge >= 0.3 is 11.9 Å². The highest BCUT2D eigenvalue weighted by atomic mass is 16.5. The number of esters is 1. The van der Waals surface area contributed by atoms with Crippen molar-refractivity contribution in [1.29, 1.82) is 0 Å². The molecular formula is C20H17NO5. The molecular weight excluding hydrogens is 334 g/mol. The number of hydrogen-bond acceptors (Lipinski definition) is 4. The van der Waals surface area contributed by atoms with Gasteiger partial charge in [0, 0.05) is 17.4 Å². The van der Waals surface area contributed by atoms with Crippen LogP contribution in [0.3, 0.4) is 0 Å². The van der Waals surface area contributed by atoms with Gasteiger partial charge in [0.25, 0.3) is 0 Å². The first-order valence-electron chi connectivity index (χ1n) is 7.86. The van der Waals surface area contributed by atoms with Crippen molar-refractivity contribution in [3.63, 3.8) is 0 Å². The highest BCUT2D eigenvalue weighted by Crippen LogP contribution is 2.33. The molecule has 0 aliphatic carbocycles. The molecule has 0 bridgehead atoms. The molecule has 0 fully saturated rings. The van der Waals surface area contributed by atoms with Crippen molar-refractivity contribution in [2.75, 3.05) is 7.11 Å². The van der Waals surface area contributed by atoms with Gasteiger partial charge in [0.1, 0.15) is 11.3 Å². The lowest BCUT2D eigenvalue weighted by Gasteiger charge is -2.14. The number of ether oxygens (including phenoxy) is 1. The second-order valence-electron chi connectivity index (χ2n) is 5.75. The zero-order valence-electron chi connectivity index (χ0n) is 14.3. The maximum Gasteiger partial charge on any atom is 0.340 e. The number of carboxylic acid groups (broad SMARTS) is 1. The van der Waals surface area contributed by atoms with Crippen LogP contribution < -0.4 is 0 Å². The molecule has 6 heteroatoms. The van der Waals surface area contributed by atoms with E-state index in [0.29, 0.717) is 16.9 Å². The van der Waals surface area contributed by atoms with Crippen molar-refractivity contribution >= 4 is 11.9 Å². The van der Waals surface area contributed by atoms with Crippen LogP contribution >= 0.6 is 0 Å². The van der Waals surface area contributed by atoms with Crippen LogP contribution in [0.4, 0.5) is 0 Å². The zero-order chi connectivity index (χ0) is 18.8. The van der Waals surface area contributed by atoms with E-state index in [1.807, 2.05) is 37.3 Å². The molecule has 26 heavy (non-hydrogen) atoms. The van der Waals surface area contributed by atoms with Gasteiger partial charge in [0.2, 0.25) is 0 Å². The first kappa shape index (κ1) is 17.3. The van der Waals surface area contributed by atoms with E-state index in [-0.39, 0.29) is 11.3 Å². The molecule has 1 aromatic heterocycles. The van der Waals surface area contributed by atoms with Gasteiger partial charge < -0.3 is 19.5 Å². The predicted molar refractivity (Wildman–Crippen MR) is 95.9 cm³/mol. The molecule has 0 aliphatic rings. The van der Waals surface area contributed by atoms with Gasteiger partial charge in [-0.25, -0.2) is 9.59 Å². The molecule has 0 aliphatic heterocycles. The standard InChI is InChI=1S/C20H17NO5/c1-12-10-16(20(25)26-2)18(13-6-4-3-5-7-13)21(12)14-8-9-15(19(23)24)17(22)11-14/h3-11,22H,1-2H3,(H,23,24). The molecule has 132 valence electrons. The van der Waals surface area contributed by atoms with Crippen molar-refractivity contribution in [1.82, 2.24) is 4.57 Å². The lowest BCUT2D eigenvalue weighted by molar-refractivity contribution is 0.0600. The van der Waals surface area contributed by atoms with Gasteiger partial charge in [-0.1, -0.05) is 30.3 Å². The predicted octanol–water partition coefficient (Wildman–Crippen LogP) is 3.64. The zero-order valence-corrected chi connectivity index (χ0v) is 14.3. The molecule has 3 aromatic rings. The summed E-state index contributed by atoms with van der Waals surface area (Å²) >= 11 is 0. The van der Waals surface area contributed by atoms with Gasteiger partial charge in [0.05, 0.1) is 18.4 Å². The number of aromatic hydroxyl groups is 1. The Morgan fingerprint density at radius 3 is 2.27 bits per heavy atom. The highest BCUT2D eigenvalue weighted by Gasteiger charge is 2.22. The lowest BCUT2D eigenvalue weighted by atomic mass is 10.1. The van der Waals surface area contributed by atoms with E-state index >= 15 is 0 Å². The Hall–Kier alpha value is -3.54. The summed E-state index contributed by atoms with van der Waals surface area (Å²) < 4.78 is 6.68. The summed E-state index contributed by atoms with van der Waals surface area (Å²) in [5.74, 6) is -2.03. The molecule has 0 radical (unpaired) electrons. The number of aromatic carboxylic acids is 1. The monoisotopic (exact) mass is 351 g/mol. The summed E-state index contributed by atoms with van der Waals surface area (Å²) in [6.45, 7) is 1.82. The van der Waals surface area contributed by atoms with E-state index in [2.05, 4.69) is 0 Å². The average molecular weight is 351 g/mol. The van der Waals surface area contributed by atoms with E-state index in [1.54, 1.807) is 16.7 Å². The molecule has 0 unspecified atom stereocenters. The number of benzene rings is 2. The van der Waals surface area contributed by atoms with Crippen molar-refractivity contribution in [2.24, 2.45) is 0 Å². The van der Waals surface area contributed by atoms with Gasteiger partial charge in [-0.3, -0.25) is 0 Å². The minimum atomic E-state index is -1.21. The quantitative estimate of drug-likeness (QED) is 0.701. The highest BCUT2D eigenvalue weighted by molar-refractivity contribution is 5.97. The number of aryl methyl sites for hydroxylation is 1. The number of methoxy groups -OCH3 is 1. The van der Waals surface area contributed by atoms with Crippen molar-refractivity contribution in [3.05, 3.63) is 71.4 Å². The van der Waals surface area contributed by atoms with Gasteiger partial charge in [-0.2, -0.15) is 0 Å². The first-order chi connectivity index (χ1) is 12.4. The second-order valence-corrected chi connectivity index (χ2v) is 5.75. The summed E-state index contributed by atoms with van der Waals surface area (Å²) in [7, 11) is 1.32. The Balaban J connectivity index is 2.28. The van der Waals surface area contributed by atoms with E-state index in [1.165, 1.54) is 19.2 Å². The van der Waals surface area contributed by atoms with Crippen LogP contribution in [0.25, 0.3) is 16.9 Å². The van der Waals surface area contributed by atoms with Crippen LogP contribution in [0.5, 0.6) is 5.75 Å². The molecule has 2 aromatic carbocycles. The van der Waals surface area contributed by atoms with Gasteiger partial charge in [0.15, 0.2) is 0 Å². The van der Waals surface area contributed by atoms with Crippen LogP contribution in [0.1, 0.15) is 26.4 Å². The van der Waals surface area contributed by atoms with Crippen LogP contribution in [-0.4, -0.2) is 33.8 Å². The molecule has 6 nitrogen and oxygen atoms in total.